The maximum absolute atomic E-state index is 14.2. The van der Waals surface area contributed by atoms with Gasteiger partial charge in [0, 0.05) is 35.5 Å². The van der Waals surface area contributed by atoms with Gasteiger partial charge in [-0.1, -0.05) is 41.4 Å². The smallest absolute Gasteiger partial charge is 0.226 e. The molecular formula is C22H21ClF2N2O2. The Kier molecular flexibility index (Phi) is 5.81. The van der Waals surface area contributed by atoms with E-state index in [2.05, 4.69) is 5.16 Å². The summed E-state index contributed by atoms with van der Waals surface area (Å²) in [6, 6.07) is 10.8. The maximum Gasteiger partial charge on any atom is 0.226 e. The van der Waals surface area contributed by atoms with E-state index in [1.165, 1.54) is 12.1 Å². The van der Waals surface area contributed by atoms with E-state index in [0.29, 0.717) is 18.0 Å². The molecular weight excluding hydrogens is 398 g/mol. The van der Waals surface area contributed by atoms with E-state index in [0.717, 1.165) is 36.6 Å². The van der Waals surface area contributed by atoms with Crippen LogP contribution in [0.5, 0.6) is 0 Å². The number of amides is 1. The Bertz CT molecular complexity index is 929. The minimum absolute atomic E-state index is 0.0106. The van der Waals surface area contributed by atoms with Crippen LogP contribution in [-0.4, -0.2) is 29.2 Å². The van der Waals surface area contributed by atoms with E-state index in [9.17, 15) is 13.6 Å². The van der Waals surface area contributed by atoms with Gasteiger partial charge in [-0.2, -0.15) is 0 Å². The van der Waals surface area contributed by atoms with Crippen molar-refractivity contribution in [3.63, 3.8) is 0 Å². The van der Waals surface area contributed by atoms with E-state index in [-0.39, 0.29) is 30.0 Å². The Hall–Kier alpha value is -2.47. The molecule has 29 heavy (non-hydrogen) atoms. The molecule has 0 N–H and O–H groups in total. The molecule has 2 aromatic rings. The predicted octanol–water partition coefficient (Wildman–Crippen LogP) is 4.94. The molecule has 1 fully saturated rings. The summed E-state index contributed by atoms with van der Waals surface area (Å²) in [7, 11) is 0. The molecule has 0 bridgehead atoms. The highest BCUT2D eigenvalue weighted by atomic mass is 35.5. The number of rotatable bonds is 6. The van der Waals surface area contributed by atoms with Gasteiger partial charge in [0.25, 0.3) is 0 Å². The number of carbonyl (C=O) groups excluding carboxylic acids is 1. The third kappa shape index (κ3) is 4.58. The van der Waals surface area contributed by atoms with Crippen molar-refractivity contribution in [1.82, 2.24) is 4.90 Å². The Morgan fingerprint density at radius 3 is 2.59 bits per heavy atom. The van der Waals surface area contributed by atoms with Crippen molar-refractivity contribution in [3.05, 3.63) is 70.2 Å². The van der Waals surface area contributed by atoms with Gasteiger partial charge in [0.15, 0.2) is 6.10 Å². The SMILES string of the molecule is O=C(C1CCC1)N(Cc1ccc(F)cc1F)C[C@H]1CC(c2ccc(Cl)cc2)=NO1. The van der Waals surface area contributed by atoms with Gasteiger partial charge < -0.3 is 9.74 Å². The van der Waals surface area contributed by atoms with Gasteiger partial charge in [0.2, 0.25) is 5.91 Å². The summed E-state index contributed by atoms with van der Waals surface area (Å²) in [5, 5.41) is 4.80. The summed E-state index contributed by atoms with van der Waals surface area (Å²) in [6.07, 6.45) is 2.95. The van der Waals surface area contributed by atoms with Crippen LogP contribution in [-0.2, 0) is 16.2 Å². The molecule has 1 atom stereocenters. The number of hydrogen-bond donors (Lipinski definition) is 0. The average molecular weight is 419 g/mol. The van der Waals surface area contributed by atoms with E-state index < -0.39 is 11.6 Å². The van der Waals surface area contributed by atoms with Crippen molar-refractivity contribution in [2.45, 2.75) is 38.3 Å². The Balaban J connectivity index is 1.45. The van der Waals surface area contributed by atoms with Gasteiger partial charge in [-0.3, -0.25) is 4.79 Å². The van der Waals surface area contributed by atoms with Crippen molar-refractivity contribution in [2.24, 2.45) is 11.1 Å². The highest BCUT2D eigenvalue weighted by molar-refractivity contribution is 6.30. The first-order chi connectivity index (χ1) is 14.0. The van der Waals surface area contributed by atoms with Crippen molar-refractivity contribution in [3.8, 4) is 0 Å². The molecule has 2 aliphatic rings. The lowest BCUT2D eigenvalue weighted by Crippen LogP contribution is -2.42. The van der Waals surface area contributed by atoms with Crippen LogP contribution in [0, 0.1) is 17.6 Å². The summed E-state index contributed by atoms with van der Waals surface area (Å²) < 4.78 is 27.4. The Morgan fingerprint density at radius 1 is 1.17 bits per heavy atom. The first-order valence-electron chi connectivity index (χ1n) is 9.71. The second-order valence-corrected chi connectivity index (χ2v) is 8.00. The molecule has 1 aliphatic heterocycles. The van der Waals surface area contributed by atoms with Gasteiger partial charge in [0.1, 0.15) is 11.6 Å². The van der Waals surface area contributed by atoms with Gasteiger partial charge in [0.05, 0.1) is 12.3 Å². The zero-order chi connectivity index (χ0) is 20.4. The molecule has 0 radical (unpaired) electrons. The van der Waals surface area contributed by atoms with Crippen LogP contribution in [0.15, 0.2) is 47.6 Å². The van der Waals surface area contributed by atoms with E-state index in [4.69, 9.17) is 16.4 Å². The number of carbonyl (C=O) groups is 1. The van der Waals surface area contributed by atoms with Crippen molar-refractivity contribution in [2.75, 3.05) is 6.54 Å². The lowest BCUT2D eigenvalue weighted by atomic mass is 9.84. The summed E-state index contributed by atoms with van der Waals surface area (Å²) >= 11 is 5.93. The second-order valence-electron chi connectivity index (χ2n) is 7.56. The predicted molar refractivity (Wildman–Crippen MR) is 107 cm³/mol. The van der Waals surface area contributed by atoms with E-state index >= 15 is 0 Å². The fourth-order valence-corrected chi connectivity index (χ4v) is 3.71. The van der Waals surface area contributed by atoms with Crippen LogP contribution >= 0.6 is 11.6 Å². The van der Waals surface area contributed by atoms with Crippen molar-refractivity contribution < 1.29 is 18.4 Å². The van der Waals surface area contributed by atoms with Gasteiger partial charge in [-0.05, 0) is 36.6 Å². The lowest BCUT2D eigenvalue weighted by molar-refractivity contribution is -0.140. The first-order valence-corrected chi connectivity index (χ1v) is 10.1. The zero-order valence-electron chi connectivity index (χ0n) is 15.8. The summed E-state index contributed by atoms with van der Waals surface area (Å²) in [4.78, 5) is 20.1. The third-order valence-corrected chi connectivity index (χ3v) is 5.73. The molecule has 0 unspecified atom stereocenters. The van der Waals surface area contributed by atoms with Crippen LogP contribution in [0.2, 0.25) is 5.02 Å². The van der Waals surface area contributed by atoms with Gasteiger partial charge in [-0.25, -0.2) is 8.78 Å². The molecule has 0 aromatic heterocycles. The molecule has 2 aromatic carbocycles. The molecule has 1 aliphatic carbocycles. The highest BCUT2D eigenvalue weighted by Gasteiger charge is 2.33. The van der Waals surface area contributed by atoms with Crippen LogP contribution < -0.4 is 0 Å². The topological polar surface area (TPSA) is 41.9 Å². The molecule has 1 heterocycles. The quantitative estimate of drug-likeness (QED) is 0.666. The highest BCUT2D eigenvalue weighted by Crippen LogP contribution is 2.30. The molecule has 0 saturated heterocycles. The molecule has 4 rings (SSSR count). The van der Waals surface area contributed by atoms with E-state index in [1.807, 2.05) is 12.1 Å². The van der Waals surface area contributed by atoms with Crippen LogP contribution in [0.3, 0.4) is 0 Å². The monoisotopic (exact) mass is 418 g/mol. The van der Waals surface area contributed by atoms with Gasteiger partial charge in [-0.15, -0.1) is 0 Å². The minimum atomic E-state index is -0.651. The minimum Gasteiger partial charge on any atom is -0.390 e. The van der Waals surface area contributed by atoms with E-state index in [1.54, 1.807) is 17.0 Å². The van der Waals surface area contributed by atoms with Gasteiger partial charge >= 0.3 is 0 Å². The Morgan fingerprint density at radius 2 is 1.93 bits per heavy atom. The normalized spacial score (nSPS) is 18.7. The van der Waals surface area contributed by atoms with Crippen LogP contribution in [0.1, 0.15) is 36.8 Å². The number of oxime groups is 1. The summed E-state index contributed by atoms with van der Waals surface area (Å²) in [5.41, 5.74) is 1.99. The first kappa shape index (κ1) is 19.8. The average Bonchev–Trinajstić information content (AvgIpc) is 3.11. The lowest BCUT2D eigenvalue weighted by Gasteiger charge is -2.32. The largest absolute Gasteiger partial charge is 0.390 e. The van der Waals surface area contributed by atoms with Crippen LogP contribution in [0.25, 0.3) is 0 Å². The number of benzene rings is 2. The fraction of sp³-hybridized carbons (Fsp3) is 0.364. The molecule has 152 valence electrons. The second kappa shape index (κ2) is 8.49. The summed E-state index contributed by atoms with van der Waals surface area (Å²) in [5.74, 6) is -1.33. The van der Waals surface area contributed by atoms with Crippen molar-refractivity contribution in [1.29, 1.82) is 0 Å². The van der Waals surface area contributed by atoms with Crippen molar-refractivity contribution >= 4 is 23.2 Å². The summed E-state index contributed by atoms with van der Waals surface area (Å²) in [6.45, 7) is 0.379. The number of halogens is 3. The maximum atomic E-state index is 14.2. The van der Waals surface area contributed by atoms with Crippen LogP contribution in [0.4, 0.5) is 8.78 Å². The molecule has 7 heteroatoms. The fourth-order valence-electron chi connectivity index (χ4n) is 3.59. The molecule has 1 saturated carbocycles. The molecule has 0 spiro atoms. The third-order valence-electron chi connectivity index (χ3n) is 5.48. The number of hydrogen-bond acceptors (Lipinski definition) is 3. The molecule has 1 amide bonds. The number of nitrogens with zero attached hydrogens (tertiary/aromatic N) is 2. The Labute approximate surface area is 173 Å². The zero-order valence-corrected chi connectivity index (χ0v) is 16.5. The standard InChI is InChI=1S/C22H21ClF2N2O2/c23-17-7-4-14(5-8-17)21-11-19(29-26-21)13-27(22(28)15-2-1-3-15)12-16-6-9-18(24)10-20(16)25/h4-10,15,19H,1-3,11-13H2/t19-/m1/s1. The molecule has 4 nitrogen and oxygen atoms in total.